The average Bonchev–Trinajstić information content (AvgIpc) is 3.10. The summed E-state index contributed by atoms with van der Waals surface area (Å²) in [5, 5.41) is 17.7. The van der Waals surface area contributed by atoms with Crippen molar-refractivity contribution in [3.8, 4) is 0 Å². The number of carboxylic acids is 1. The summed E-state index contributed by atoms with van der Waals surface area (Å²) in [4.78, 5) is 17.3. The van der Waals surface area contributed by atoms with Gasteiger partial charge in [0.2, 0.25) is 0 Å². The number of nitrogens with one attached hydrogen (secondary N) is 1. The van der Waals surface area contributed by atoms with Gasteiger partial charge in [0.05, 0.1) is 22.5 Å². The third-order valence-corrected chi connectivity index (χ3v) is 5.07. The Morgan fingerprint density at radius 3 is 2.70 bits per heavy atom. The lowest BCUT2D eigenvalue weighted by Crippen LogP contribution is -1.97. The number of aromatic amines is 1. The molecule has 2 N–H and O–H groups in total. The number of pyridine rings is 1. The van der Waals surface area contributed by atoms with Crippen molar-refractivity contribution >= 4 is 40.8 Å². The zero-order chi connectivity index (χ0) is 18.6. The van der Waals surface area contributed by atoms with E-state index >= 15 is 0 Å². The number of nitrogens with zero attached hydrogens (tertiary/aromatic N) is 2. The Labute approximate surface area is 159 Å². The first-order valence-corrected chi connectivity index (χ1v) is 9.10. The highest BCUT2D eigenvalue weighted by Crippen LogP contribution is 2.32. The largest absolute Gasteiger partial charge is 0.478 e. The Hall–Kier alpha value is -3.38. The molecule has 0 aliphatic rings. The topological polar surface area (TPSA) is 78.9 Å². The fourth-order valence-electron chi connectivity index (χ4n) is 2.71. The van der Waals surface area contributed by atoms with Gasteiger partial charge in [0.1, 0.15) is 0 Å². The Kier molecular flexibility index (Phi) is 4.72. The number of hydrogen-bond acceptors (Lipinski definition) is 4. The van der Waals surface area contributed by atoms with Gasteiger partial charge in [-0.1, -0.05) is 30.0 Å². The normalized spacial score (nSPS) is 11.3. The SMILES string of the molecule is O=C(O)c1ccccc1Sc1ccc2c(/C=C/c3ccccn3)n[nH]c2c1. The number of fused-ring (bicyclic) bond motifs is 1. The first-order valence-electron chi connectivity index (χ1n) is 8.28. The van der Waals surface area contributed by atoms with Crippen LogP contribution in [0.2, 0.25) is 0 Å². The summed E-state index contributed by atoms with van der Waals surface area (Å²) in [5.41, 5.74) is 2.89. The van der Waals surface area contributed by atoms with E-state index in [1.54, 1.807) is 18.3 Å². The minimum Gasteiger partial charge on any atom is -0.478 e. The van der Waals surface area contributed by atoms with E-state index < -0.39 is 5.97 Å². The Balaban J connectivity index is 1.61. The van der Waals surface area contributed by atoms with Crippen molar-refractivity contribution < 1.29 is 9.90 Å². The van der Waals surface area contributed by atoms with Gasteiger partial charge in [-0.25, -0.2) is 4.79 Å². The molecule has 0 atom stereocenters. The van der Waals surface area contributed by atoms with E-state index in [9.17, 15) is 9.90 Å². The van der Waals surface area contributed by atoms with Crippen LogP contribution in [0.4, 0.5) is 0 Å². The lowest BCUT2D eigenvalue weighted by molar-refractivity contribution is 0.0693. The second kappa shape index (κ2) is 7.47. The van der Waals surface area contributed by atoms with E-state index in [1.165, 1.54) is 11.8 Å². The van der Waals surface area contributed by atoms with Gasteiger partial charge in [0.25, 0.3) is 0 Å². The van der Waals surface area contributed by atoms with Crippen molar-refractivity contribution in [3.05, 3.63) is 83.8 Å². The van der Waals surface area contributed by atoms with E-state index in [-0.39, 0.29) is 0 Å². The zero-order valence-electron chi connectivity index (χ0n) is 14.2. The predicted molar refractivity (Wildman–Crippen MR) is 107 cm³/mol. The molecule has 6 heteroatoms. The lowest BCUT2D eigenvalue weighted by atomic mass is 10.2. The van der Waals surface area contributed by atoms with Crippen molar-refractivity contribution in [2.45, 2.75) is 9.79 Å². The maximum absolute atomic E-state index is 11.4. The second-order valence-corrected chi connectivity index (χ2v) is 6.92. The molecule has 0 bridgehead atoms. The third kappa shape index (κ3) is 3.75. The summed E-state index contributed by atoms with van der Waals surface area (Å²) in [7, 11) is 0. The summed E-state index contributed by atoms with van der Waals surface area (Å²) in [6.45, 7) is 0. The van der Waals surface area contributed by atoms with Gasteiger partial charge >= 0.3 is 5.97 Å². The van der Waals surface area contributed by atoms with Crippen LogP contribution in [0.5, 0.6) is 0 Å². The molecule has 132 valence electrons. The smallest absolute Gasteiger partial charge is 0.336 e. The highest BCUT2D eigenvalue weighted by atomic mass is 32.2. The number of H-pyrrole nitrogens is 1. The molecular formula is C21H15N3O2S. The van der Waals surface area contributed by atoms with Crippen molar-refractivity contribution in [1.29, 1.82) is 0 Å². The molecule has 4 aromatic rings. The fraction of sp³-hybridized carbons (Fsp3) is 0. The number of hydrogen-bond donors (Lipinski definition) is 2. The summed E-state index contributed by atoms with van der Waals surface area (Å²) in [6, 6.07) is 18.7. The molecular weight excluding hydrogens is 358 g/mol. The highest BCUT2D eigenvalue weighted by Gasteiger charge is 2.11. The molecule has 5 nitrogen and oxygen atoms in total. The third-order valence-electron chi connectivity index (χ3n) is 4.01. The summed E-state index contributed by atoms with van der Waals surface area (Å²) in [6.07, 6.45) is 5.59. The van der Waals surface area contributed by atoms with Crippen LogP contribution in [0, 0.1) is 0 Å². The monoisotopic (exact) mass is 373 g/mol. The van der Waals surface area contributed by atoms with E-state index in [2.05, 4.69) is 15.2 Å². The van der Waals surface area contributed by atoms with Gasteiger partial charge in [-0.15, -0.1) is 0 Å². The van der Waals surface area contributed by atoms with Crippen LogP contribution in [0.25, 0.3) is 23.1 Å². The lowest BCUT2D eigenvalue weighted by Gasteiger charge is -2.05. The molecule has 27 heavy (non-hydrogen) atoms. The molecule has 0 fully saturated rings. The Morgan fingerprint density at radius 2 is 1.89 bits per heavy atom. The van der Waals surface area contributed by atoms with Gasteiger partial charge in [-0.05, 0) is 54.6 Å². The van der Waals surface area contributed by atoms with Gasteiger partial charge in [0.15, 0.2) is 0 Å². The summed E-state index contributed by atoms with van der Waals surface area (Å²) in [5.74, 6) is -0.928. The fourth-order valence-corrected chi connectivity index (χ4v) is 3.69. The summed E-state index contributed by atoms with van der Waals surface area (Å²) >= 11 is 1.42. The van der Waals surface area contributed by atoms with E-state index in [0.717, 1.165) is 27.2 Å². The van der Waals surface area contributed by atoms with Crippen LogP contribution in [0.3, 0.4) is 0 Å². The number of carbonyl (C=O) groups is 1. The molecule has 0 unspecified atom stereocenters. The number of benzene rings is 2. The molecule has 4 rings (SSSR count). The minimum absolute atomic E-state index is 0.297. The van der Waals surface area contributed by atoms with Crippen molar-refractivity contribution in [2.24, 2.45) is 0 Å². The molecule has 2 aromatic heterocycles. The van der Waals surface area contributed by atoms with Crippen LogP contribution in [-0.4, -0.2) is 26.3 Å². The number of aromatic carboxylic acids is 1. The molecule has 0 aliphatic carbocycles. The van der Waals surface area contributed by atoms with Gasteiger partial charge < -0.3 is 5.11 Å². The van der Waals surface area contributed by atoms with E-state index in [0.29, 0.717) is 10.5 Å². The molecule has 0 aliphatic heterocycles. The van der Waals surface area contributed by atoms with E-state index in [1.807, 2.05) is 60.7 Å². The zero-order valence-corrected chi connectivity index (χ0v) is 15.0. The van der Waals surface area contributed by atoms with Crippen LogP contribution in [0.1, 0.15) is 21.7 Å². The van der Waals surface area contributed by atoms with Crippen LogP contribution >= 0.6 is 11.8 Å². The van der Waals surface area contributed by atoms with Gasteiger partial charge in [-0.3, -0.25) is 10.1 Å². The van der Waals surface area contributed by atoms with Crippen molar-refractivity contribution in [3.63, 3.8) is 0 Å². The van der Waals surface area contributed by atoms with E-state index in [4.69, 9.17) is 0 Å². The Morgan fingerprint density at radius 1 is 1.04 bits per heavy atom. The first kappa shape index (κ1) is 17.1. The number of aromatic nitrogens is 3. The first-order chi connectivity index (χ1) is 13.2. The molecule has 0 spiro atoms. The average molecular weight is 373 g/mol. The van der Waals surface area contributed by atoms with Crippen LogP contribution in [-0.2, 0) is 0 Å². The van der Waals surface area contributed by atoms with Crippen molar-refractivity contribution in [2.75, 3.05) is 0 Å². The van der Waals surface area contributed by atoms with Crippen LogP contribution < -0.4 is 0 Å². The molecule has 0 saturated heterocycles. The van der Waals surface area contributed by atoms with Gasteiger partial charge in [-0.2, -0.15) is 5.10 Å². The molecule has 2 heterocycles. The summed E-state index contributed by atoms with van der Waals surface area (Å²) < 4.78 is 0. The van der Waals surface area contributed by atoms with Gasteiger partial charge in [0, 0.05) is 21.4 Å². The molecule has 2 aromatic carbocycles. The highest BCUT2D eigenvalue weighted by molar-refractivity contribution is 7.99. The number of carboxylic acid groups (broad SMARTS) is 1. The second-order valence-electron chi connectivity index (χ2n) is 5.81. The molecule has 0 saturated carbocycles. The minimum atomic E-state index is -0.928. The predicted octanol–water partition coefficient (Wildman–Crippen LogP) is 4.98. The molecule has 0 amide bonds. The Bertz CT molecular complexity index is 1140. The maximum Gasteiger partial charge on any atom is 0.336 e. The standard InChI is InChI=1S/C21H15N3O2S/c25-21(26)17-6-1-2-7-20(17)27-15-9-10-16-18(23-24-19(16)13-15)11-8-14-5-3-4-12-22-14/h1-13H,(H,23,24)(H,25,26)/b11-8+. The molecule has 0 radical (unpaired) electrons. The maximum atomic E-state index is 11.4. The number of rotatable bonds is 5. The van der Waals surface area contributed by atoms with Crippen molar-refractivity contribution in [1.82, 2.24) is 15.2 Å². The quantitative estimate of drug-likeness (QED) is 0.516. The van der Waals surface area contributed by atoms with Crippen LogP contribution in [0.15, 0.2) is 76.7 Å².